The highest BCUT2D eigenvalue weighted by molar-refractivity contribution is 5.93. The molecule has 8 heteroatoms. The summed E-state index contributed by atoms with van der Waals surface area (Å²) in [6.07, 6.45) is 0.754. The van der Waals surface area contributed by atoms with E-state index in [0.29, 0.717) is 24.4 Å². The van der Waals surface area contributed by atoms with Crippen molar-refractivity contribution in [3.8, 4) is 5.75 Å². The fraction of sp³-hybridized carbons (Fsp3) is 0.278. The monoisotopic (exact) mass is 357 g/mol. The van der Waals surface area contributed by atoms with Crippen molar-refractivity contribution in [2.75, 3.05) is 6.54 Å². The fourth-order valence-corrected chi connectivity index (χ4v) is 2.49. The lowest BCUT2D eigenvalue weighted by molar-refractivity contribution is -0.129. The van der Waals surface area contributed by atoms with Gasteiger partial charge in [0.25, 0.3) is 0 Å². The summed E-state index contributed by atoms with van der Waals surface area (Å²) >= 11 is 0. The van der Waals surface area contributed by atoms with E-state index in [1.807, 2.05) is 30.3 Å². The topological polar surface area (TPSA) is 110 Å². The number of piperidine rings is 1. The molecule has 0 unspecified atom stereocenters. The molecule has 26 heavy (non-hydrogen) atoms. The third-order valence-electron chi connectivity index (χ3n) is 3.95. The van der Waals surface area contributed by atoms with Crippen molar-refractivity contribution >= 4 is 17.7 Å². The fourth-order valence-electron chi connectivity index (χ4n) is 2.49. The molecule has 0 radical (unpaired) electrons. The molecular formula is C18H19N3O5. The molecule has 1 atom stereocenters. The minimum atomic E-state index is -0.566. The van der Waals surface area contributed by atoms with Gasteiger partial charge in [-0.3, -0.25) is 25.2 Å². The minimum absolute atomic E-state index is 0.0638. The highest BCUT2D eigenvalue weighted by Crippen LogP contribution is 2.14. The molecule has 0 saturated carbocycles. The summed E-state index contributed by atoms with van der Waals surface area (Å²) < 4.78 is 11.0. The van der Waals surface area contributed by atoms with E-state index in [1.54, 1.807) is 6.07 Å². The first-order chi connectivity index (χ1) is 12.6. The van der Waals surface area contributed by atoms with E-state index in [-0.39, 0.29) is 36.6 Å². The number of hydrazine groups is 1. The van der Waals surface area contributed by atoms with Gasteiger partial charge in [0, 0.05) is 13.0 Å². The van der Waals surface area contributed by atoms with E-state index in [9.17, 15) is 14.4 Å². The molecule has 2 heterocycles. The summed E-state index contributed by atoms with van der Waals surface area (Å²) in [6, 6.07) is 12.4. The number of amides is 3. The smallest absolute Gasteiger partial charge is 0.305 e. The van der Waals surface area contributed by atoms with Crippen molar-refractivity contribution in [2.45, 2.75) is 19.4 Å². The number of nitrogens with one attached hydrogen (secondary N) is 3. The average molecular weight is 357 g/mol. The standard InChI is InChI=1S/C18H19N3O5/c22-16-9-6-12(10-19-16)17(23)20-21-18(24)15-8-7-14(26-15)11-25-13-4-2-1-3-5-13/h1-5,7-8,12H,6,9-11H2,(H,19,22)(H,20,23)(H,21,24)/t12-/m1/s1. The normalized spacial score (nSPS) is 16.5. The zero-order valence-electron chi connectivity index (χ0n) is 14.0. The number of hydrogen-bond donors (Lipinski definition) is 3. The number of carbonyl (C=O) groups excluding carboxylic acids is 3. The van der Waals surface area contributed by atoms with Crippen molar-refractivity contribution in [1.29, 1.82) is 0 Å². The molecule has 1 fully saturated rings. The van der Waals surface area contributed by atoms with Crippen LogP contribution in [0.3, 0.4) is 0 Å². The van der Waals surface area contributed by atoms with Gasteiger partial charge in [0.2, 0.25) is 11.8 Å². The Morgan fingerprint density at radius 1 is 1.15 bits per heavy atom. The van der Waals surface area contributed by atoms with Crippen LogP contribution in [0, 0.1) is 5.92 Å². The van der Waals surface area contributed by atoms with E-state index in [0.717, 1.165) is 0 Å². The van der Waals surface area contributed by atoms with Crippen LogP contribution in [0.25, 0.3) is 0 Å². The van der Waals surface area contributed by atoms with Crippen LogP contribution in [-0.2, 0) is 16.2 Å². The average Bonchev–Trinajstić information content (AvgIpc) is 3.15. The van der Waals surface area contributed by atoms with Crippen LogP contribution < -0.4 is 20.9 Å². The Kier molecular flexibility index (Phi) is 5.52. The molecular weight excluding hydrogens is 338 g/mol. The molecule has 3 N–H and O–H groups in total. The molecule has 0 aliphatic carbocycles. The highest BCUT2D eigenvalue weighted by Gasteiger charge is 2.25. The number of para-hydroxylation sites is 1. The summed E-state index contributed by atoms with van der Waals surface area (Å²) in [4.78, 5) is 35.1. The van der Waals surface area contributed by atoms with E-state index in [4.69, 9.17) is 9.15 Å². The first-order valence-corrected chi connectivity index (χ1v) is 8.25. The predicted molar refractivity (Wildman–Crippen MR) is 90.8 cm³/mol. The van der Waals surface area contributed by atoms with Crippen molar-refractivity contribution in [2.24, 2.45) is 5.92 Å². The molecule has 3 rings (SSSR count). The summed E-state index contributed by atoms with van der Waals surface area (Å²) in [5.74, 6) is -0.101. The van der Waals surface area contributed by atoms with Crippen LogP contribution in [0.1, 0.15) is 29.2 Å². The van der Waals surface area contributed by atoms with Gasteiger partial charge in [0.05, 0.1) is 5.92 Å². The molecule has 3 amide bonds. The van der Waals surface area contributed by atoms with Gasteiger partial charge in [-0.1, -0.05) is 18.2 Å². The van der Waals surface area contributed by atoms with Crippen LogP contribution in [0.4, 0.5) is 0 Å². The second-order valence-corrected chi connectivity index (χ2v) is 5.85. The zero-order valence-corrected chi connectivity index (χ0v) is 14.0. The maximum absolute atomic E-state index is 12.0. The Labute approximate surface area is 149 Å². The summed E-state index contributed by atoms with van der Waals surface area (Å²) in [6.45, 7) is 0.452. The molecule has 1 aromatic carbocycles. The SMILES string of the molecule is O=C1CC[C@@H](C(=O)NNC(=O)c2ccc(COc3ccccc3)o2)CN1. The maximum atomic E-state index is 12.0. The van der Waals surface area contributed by atoms with Gasteiger partial charge >= 0.3 is 5.91 Å². The largest absolute Gasteiger partial charge is 0.486 e. The highest BCUT2D eigenvalue weighted by atomic mass is 16.5. The van der Waals surface area contributed by atoms with Gasteiger partial charge in [-0.25, -0.2) is 0 Å². The minimum Gasteiger partial charge on any atom is -0.486 e. The zero-order chi connectivity index (χ0) is 18.4. The predicted octanol–water partition coefficient (Wildman–Crippen LogP) is 1.15. The lowest BCUT2D eigenvalue weighted by Crippen LogP contribution is -2.49. The quantitative estimate of drug-likeness (QED) is 0.696. The van der Waals surface area contributed by atoms with E-state index >= 15 is 0 Å². The molecule has 8 nitrogen and oxygen atoms in total. The van der Waals surface area contributed by atoms with Gasteiger partial charge in [-0.05, 0) is 30.7 Å². The number of ether oxygens (including phenoxy) is 1. The third kappa shape index (κ3) is 4.62. The molecule has 1 saturated heterocycles. The van der Waals surface area contributed by atoms with Gasteiger partial charge in [0.15, 0.2) is 5.76 Å². The molecule has 0 spiro atoms. The van der Waals surface area contributed by atoms with Crippen LogP contribution in [0.15, 0.2) is 46.9 Å². The Hall–Kier alpha value is -3.29. The third-order valence-corrected chi connectivity index (χ3v) is 3.95. The Bertz CT molecular complexity index is 777. The number of rotatable bonds is 5. The summed E-state index contributed by atoms with van der Waals surface area (Å²) in [5, 5.41) is 2.62. The van der Waals surface area contributed by atoms with Crippen molar-refractivity contribution < 1.29 is 23.5 Å². The first-order valence-electron chi connectivity index (χ1n) is 8.25. The molecule has 1 aliphatic rings. The van der Waals surface area contributed by atoms with Gasteiger partial charge in [0.1, 0.15) is 18.1 Å². The van der Waals surface area contributed by atoms with E-state index in [2.05, 4.69) is 16.2 Å². The summed E-state index contributed by atoms with van der Waals surface area (Å²) in [5.41, 5.74) is 4.66. The van der Waals surface area contributed by atoms with Crippen LogP contribution in [0.5, 0.6) is 5.75 Å². The molecule has 136 valence electrons. The van der Waals surface area contributed by atoms with Gasteiger partial charge in [-0.2, -0.15) is 0 Å². The van der Waals surface area contributed by atoms with Crippen LogP contribution in [0.2, 0.25) is 0 Å². The van der Waals surface area contributed by atoms with Crippen molar-refractivity contribution in [3.05, 3.63) is 54.0 Å². The van der Waals surface area contributed by atoms with Crippen molar-refractivity contribution in [1.82, 2.24) is 16.2 Å². The Morgan fingerprint density at radius 3 is 2.69 bits per heavy atom. The molecule has 1 aliphatic heterocycles. The van der Waals surface area contributed by atoms with E-state index in [1.165, 1.54) is 6.07 Å². The number of hydrogen-bond acceptors (Lipinski definition) is 5. The second kappa shape index (κ2) is 8.19. The van der Waals surface area contributed by atoms with E-state index < -0.39 is 5.91 Å². The van der Waals surface area contributed by atoms with Crippen LogP contribution in [-0.4, -0.2) is 24.3 Å². The Morgan fingerprint density at radius 2 is 1.96 bits per heavy atom. The lowest BCUT2D eigenvalue weighted by Gasteiger charge is -2.21. The van der Waals surface area contributed by atoms with Gasteiger partial charge < -0.3 is 14.5 Å². The lowest BCUT2D eigenvalue weighted by atomic mass is 9.99. The molecule has 1 aromatic heterocycles. The van der Waals surface area contributed by atoms with Crippen molar-refractivity contribution in [3.63, 3.8) is 0 Å². The Balaban J connectivity index is 1.45. The van der Waals surface area contributed by atoms with Crippen LogP contribution >= 0.6 is 0 Å². The number of furan rings is 1. The first kappa shape index (κ1) is 17.5. The molecule has 2 aromatic rings. The summed E-state index contributed by atoms with van der Waals surface area (Å²) in [7, 11) is 0. The van der Waals surface area contributed by atoms with Gasteiger partial charge in [-0.15, -0.1) is 0 Å². The molecule has 0 bridgehead atoms. The second-order valence-electron chi connectivity index (χ2n) is 5.85. The number of benzene rings is 1. The number of carbonyl (C=O) groups is 3. The maximum Gasteiger partial charge on any atom is 0.305 e.